The van der Waals surface area contributed by atoms with Crippen LogP contribution in [0.4, 0.5) is 11.6 Å². The average molecular weight is 519 g/mol. The number of carbonyl (C=O) groups is 2. The van der Waals surface area contributed by atoms with Crippen molar-refractivity contribution in [2.75, 3.05) is 9.80 Å². The van der Waals surface area contributed by atoms with Crippen LogP contribution >= 0.6 is 0 Å². The molecule has 7 rings (SSSR count). The minimum atomic E-state index is -0.183. The Balaban J connectivity index is 1.39. The van der Waals surface area contributed by atoms with Gasteiger partial charge >= 0.3 is 0 Å². The lowest BCUT2D eigenvalue weighted by atomic mass is 9.93. The van der Waals surface area contributed by atoms with Gasteiger partial charge < -0.3 is 9.80 Å². The fraction of sp³-hybridized carbons (Fsp3) is 0.394. The minimum absolute atomic E-state index is 0.179. The number of aryl methyl sites for hydroxylation is 1. The molecule has 6 heteroatoms. The molecule has 4 aliphatic rings. The van der Waals surface area contributed by atoms with Gasteiger partial charge in [-0.1, -0.05) is 68.4 Å². The van der Waals surface area contributed by atoms with Crippen LogP contribution in [0.2, 0.25) is 0 Å². The molecule has 0 spiro atoms. The van der Waals surface area contributed by atoms with E-state index in [4.69, 9.17) is 9.97 Å². The summed E-state index contributed by atoms with van der Waals surface area (Å²) in [7, 11) is 0. The van der Waals surface area contributed by atoms with Gasteiger partial charge in [0.2, 0.25) is 0 Å². The molecule has 39 heavy (non-hydrogen) atoms. The number of allylic oxidation sites excluding steroid dienone is 3. The lowest BCUT2D eigenvalue weighted by Gasteiger charge is -2.37. The first-order valence-corrected chi connectivity index (χ1v) is 14.6. The average Bonchev–Trinajstić information content (AvgIpc) is 3.41. The van der Waals surface area contributed by atoms with Crippen LogP contribution in [0.15, 0.2) is 66.0 Å². The van der Waals surface area contributed by atoms with Gasteiger partial charge in [-0.25, -0.2) is 9.97 Å². The fourth-order valence-corrected chi connectivity index (χ4v) is 6.94. The third-order valence-electron chi connectivity index (χ3n) is 8.92. The van der Waals surface area contributed by atoms with E-state index < -0.39 is 0 Å². The first-order valence-electron chi connectivity index (χ1n) is 14.6. The minimum Gasteiger partial charge on any atom is -0.306 e. The highest BCUT2D eigenvalue weighted by Crippen LogP contribution is 2.46. The van der Waals surface area contributed by atoms with E-state index in [1.165, 1.54) is 38.5 Å². The van der Waals surface area contributed by atoms with Crippen molar-refractivity contribution in [3.8, 4) is 0 Å². The summed E-state index contributed by atoms with van der Waals surface area (Å²) in [6, 6.07) is 14.2. The van der Waals surface area contributed by atoms with Crippen molar-refractivity contribution in [1.82, 2.24) is 9.97 Å². The van der Waals surface area contributed by atoms with Crippen molar-refractivity contribution in [3.63, 3.8) is 0 Å². The molecule has 0 radical (unpaired) electrons. The summed E-state index contributed by atoms with van der Waals surface area (Å²) in [6.45, 7) is 1.95. The third kappa shape index (κ3) is 4.08. The lowest BCUT2D eigenvalue weighted by molar-refractivity contribution is 0.0988. The smallest absolute Gasteiger partial charge is 0.197 e. The second-order valence-electron chi connectivity index (χ2n) is 11.5. The van der Waals surface area contributed by atoms with Gasteiger partial charge in [-0.15, -0.1) is 0 Å². The number of anilines is 2. The SMILES string of the molecule is Cc1ccc2c(c1)C(=O)/C(=C/C=C1N(C3CCCCC3)c3nc4ccccc4nc3N1C1CCCCC1)C2=O. The first-order chi connectivity index (χ1) is 19.1. The Kier molecular flexibility index (Phi) is 6.06. The van der Waals surface area contributed by atoms with E-state index in [-0.39, 0.29) is 17.1 Å². The summed E-state index contributed by atoms with van der Waals surface area (Å²) >= 11 is 0. The van der Waals surface area contributed by atoms with Crippen LogP contribution in [-0.4, -0.2) is 33.6 Å². The number of hydrogen-bond donors (Lipinski definition) is 0. The van der Waals surface area contributed by atoms with Gasteiger partial charge in [-0.2, -0.15) is 0 Å². The number of carbonyl (C=O) groups excluding carboxylic acids is 2. The molecular formula is C33H34N4O2. The summed E-state index contributed by atoms with van der Waals surface area (Å²) < 4.78 is 0. The van der Waals surface area contributed by atoms with Gasteiger partial charge in [-0.3, -0.25) is 9.59 Å². The highest BCUT2D eigenvalue weighted by Gasteiger charge is 2.42. The predicted octanol–water partition coefficient (Wildman–Crippen LogP) is 7.08. The zero-order chi connectivity index (χ0) is 26.5. The van der Waals surface area contributed by atoms with Crippen LogP contribution in [0.25, 0.3) is 11.0 Å². The molecule has 2 aromatic carbocycles. The van der Waals surface area contributed by atoms with Crippen LogP contribution in [0.5, 0.6) is 0 Å². The number of benzene rings is 2. The molecule has 3 aliphatic carbocycles. The number of ketones is 2. The number of rotatable bonds is 3. The summed E-state index contributed by atoms with van der Waals surface area (Å²) in [5.41, 5.74) is 4.05. The van der Waals surface area contributed by atoms with Crippen LogP contribution < -0.4 is 9.80 Å². The maximum absolute atomic E-state index is 13.3. The zero-order valence-corrected chi connectivity index (χ0v) is 22.5. The van der Waals surface area contributed by atoms with Crippen molar-refractivity contribution in [2.24, 2.45) is 0 Å². The normalized spacial score (nSPS) is 21.3. The molecule has 0 amide bonds. The molecule has 0 N–H and O–H groups in total. The summed E-state index contributed by atoms with van der Waals surface area (Å²) in [5, 5.41) is 0. The Hall–Kier alpha value is -3.80. The highest BCUT2D eigenvalue weighted by atomic mass is 16.2. The number of nitrogens with zero attached hydrogens (tertiary/aromatic N) is 4. The molecule has 6 nitrogen and oxygen atoms in total. The summed E-state index contributed by atoms with van der Waals surface area (Å²) in [5.74, 6) is 2.48. The van der Waals surface area contributed by atoms with E-state index in [9.17, 15) is 9.59 Å². The number of para-hydroxylation sites is 2. The van der Waals surface area contributed by atoms with E-state index >= 15 is 0 Å². The number of Topliss-reactive ketones (excluding diaryl/α,β-unsaturated/α-hetero) is 2. The van der Waals surface area contributed by atoms with Crippen LogP contribution in [0.1, 0.15) is 90.5 Å². The Labute approximate surface area is 229 Å². The van der Waals surface area contributed by atoms with Crippen molar-refractivity contribution in [3.05, 3.63) is 82.7 Å². The first kappa shape index (κ1) is 24.3. The van der Waals surface area contributed by atoms with Crippen molar-refractivity contribution < 1.29 is 9.59 Å². The quantitative estimate of drug-likeness (QED) is 0.273. The van der Waals surface area contributed by atoms with Gasteiger partial charge in [0, 0.05) is 23.2 Å². The molecule has 3 aromatic rings. The molecule has 1 aliphatic heterocycles. The molecule has 0 atom stereocenters. The molecule has 0 bridgehead atoms. The van der Waals surface area contributed by atoms with Gasteiger partial charge in [-0.05, 0) is 63.0 Å². The van der Waals surface area contributed by atoms with E-state index in [0.29, 0.717) is 23.2 Å². The van der Waals surface area contributed by atoms with Gasteiger partial charge in [0.1, 0.15) is 5.82 Å². The Morgan fingerprint density at radius 1 is 0.692 bits per heavy atom. The second kappa shape index (κ2) is 9.74. The second-order valence-corrected chi connectivity index (χ2v) is 11.5. The molecule has 2 heterocycles. The largest absolute Gasteiger partial charge is 0.306 e. The van der Waals surface area contributed by atoms with E-state index in [2.05, 4.69) is 9.80 Å². The van der Waals surface area contributed by atoms with E-state index in [1.807, 2.05) is 49.4 Å². The highest BCUT2D eigenvalue weighted by molar-refractivity contribution is 6.39. The topological polar surface area (TPSA) is 66.4 Å². The molecule has 1 aromatic heterocycles. The zero-order valence-electron chi connectivity index (χ0n) is 22.5. The predicted molar refractivity (Wildman–Crippen MR) is 154 cm³/mol. The number of fused-ring (bicyclic) bond motifs is 3. The standard InChI is InChI=1S/C33H34N4O2/c1-21-16-17-24-26(20-21)31(39)25(30(24)38)18-19-29-36(22-10-4-2-5-11-22)32-33(37(29)23-12-6-3-7-13-23)35-28-15-9-8-14-27(28)34-32/h8-9,14-20,22-23H,2-7,10-13H2,1H3/b25-18+. The maximum Gasteiger partial charge on any atom is 0.197 e. The molecule has 0 unspecified atom stereocenters. The molecule has 0 saturated heterocycles. The van der Waals surface area contributed by atoms with Crippen molar-refractivity contribution in [1.29, 1.82) is 0 Å². The Bertz CT molecular complexity index is 1480. The monoisotopic (exact) mass is 518 g/mol. The third-order valence-corrected chi connectivity index (χ3v) is 8.92. The van der Waals surface area contributed by atoms with Crippen LogP contribution in [0, 0.1) is 6.92 Å². The van der Waals surface area contributed by atoms with Gasteiger partial charge in [0.15, 0.2) is 23.2 Å². The molecule has 2 saturated carbocycles. The lowest BCUT2D eigenvalue weighted by Crippen LogP contribution is -2.42. The van der Waals surface area contributed by atoms with Crippen molar-refractivity contribution >= 4 is 34.2 Å². The summed E-state index contributed by atoms with van der Waals surface area (Å²) in [4.78, 5) is 41.8. The Morgan fingerprint density at radius 3 is 1.79 bits per heavy atom. The number of aromatic nitrogens is 2. The van der Waals surface area contributed by atoms with E-state index in [0.717, 1.165) is 59.7 Å². The van der Waals surface area contributed by atoms with Gasteiger partial charge in [0.05, 0.1) is 16.6 Å². The fourth-order valence-electron chi connectivity index (χ4n) is 6.94. The Morgan fingerprint density at radius 2 is 1.23 bits per heavy atom. The molecule has 198 valence electrons. The van der Waals surface area contributed by atoms with Crippen molar-refractivity contribution in [2.45, 2.75) is 83.2 Å². The molecular weight excluding hydrogens is 484 g/mol. The molecule has 2 fully saturated rings. The van der Waals surface area contributed by atoms with Crippen LogP contribution in [0.3, 0.4) is 0 Å². The van der Waals surface area contributed by atoms with Crippen LogP contribution in [-0.2, 0) is 0 Å². The number of hydrogen-bond acceptors (Lipinski definition) is 6. The summed E-state index contributed by atoms with van der Waals surface area (Å²) in [6.07, 6.45) is 15.5. The van der Waals surface area contributed by atoms with E-state index in [1.54, 1.807) is 12.1 Å². The van der Waals surface area contributed by atoms with Gasteiger partial charge in [0.25, 0.3) is 0 Å². The maximum atomic E-state index is 13.3.